The quantitative estimate of drug-likeness (QED) is 0.515. The van der Waals surface area contributed by atoms with Crippen molar-refractivity contribution in [2.75, 3.05) is 19.0 Å². The molecule has 0 aliphatic rings. The molecule has 8 nitrogen and oxygen atoms in total. The molecule has 0 fully saturated rings. The van der Waals surface area contributed by atoms with Crippen LogP contribution in [0.1, 0.15) is 0 Å². The molecule has 0 radical (unpaired) electrons. The number of H-pyrrole nitrogens is 2. The monoisotopic (exact) mass is 356 g/mol. The molecule has 5 aromatic heterocycles. The lowest BCUT2D eigenvalue weighted by Gasteiger charge is -2.12. The van der Waals surface area contributed by atoms with Crippen molar-refractivity contribution in [3.63, 3.8) is 0 Å². The van der Waals surface area contributed by atoms with Crippen LogP contribution in [0.5, 0.6) is 0 Å². The smallest absolute Gasteiger partial charge is 0.159 e. The van der Waals surface area contributed by atoms with Gasteiger partial charge in [0.15, 0.2) is 5.82 Å². The fourth-order valence-corrected chi connectivity index (χ4v) is 3.04. The predicted molar refractivity (Wildman–Crippen MR) is 104 cm³/mol. The first-order chi connectivity index (χ1) is 13.2. The summed E-state index contributed by atoms with van der Waals surface area (Å²) in [6, 6.07) is 5.94. The van der Waals surface area contributed by atoms with E-state index < -0.39 is 0 Å². The molecule has 0 atom stereocenters. The highest BCUT2D eigenvalue weighted by Crippen LogP contribution is 2.29. The van der Waals surface area contributed by atoms with Gasteiger partial charge in [-0.05, 0) is 18.2 Å². The molecule has 0 saturated heterocycles. The fraction of sp³-hybridized carbons (Fsp3) is 0.105. The Morgan fingerprint density at radius 1 is 0.963 bits per heavy atom. The zero-order chi connectivity index (χ0) is 18.4. The van der Waals surface area contributed by atoms with Gasteiger partial charge >= 0.3 is 0 Å². The van der Waals surface area contributed by atoms with Gasteiger partial charge in [0.25, 0.3) is 0 Å². The first-order valence-corrected chi connectivity index (χ1v) is 8.46. The van der Waals surface area contributed by atoms with Gasteiger partial charge in [0, 0.05) is 37.4 Å². The number of rotatable bonds is 3. The number of pyridine rings is 3. The second kappa shape index (κ2) is 5.87. The van der Waals surface area contributed by atoms with Crippen molar-refractivity contribution in [1.82, 2.24) is 35.1 Å². The van der Waals surface area contributed by atoms with E-state index in [-0.39, 0.29) is 0 Å². The van der Waals surface area contributed by atoms with Gasteiger partial charge in [-0.2, -0.15) is 5.10 Å². The van der Waals surface area contributed by atoms with Gasteiger partial charge in [-0.15, -0.1) is 0 Å². The van der Waals surface area contributed by atoms with E-state index in [0.717, 1.165) is 44.6 Å². The van der Waals surface area contributed by atoms with Gasteiger partial charge in [-0.25, -0.2) is 4.98 Å². The van der Waals surface area contributed by atoms with Gasteiger partial charge in [0.2, 0.25) is 0 Å². The van der Waals surface area contributed by atoms with Crippen LogP contribution in [0.2, 0.25) is 0 Å². The fourth-order valence-electron chi connectivity index (χ4n) is 3.04. The highest BCUT2D eigenvalue weighted by atomic mass is 15.1. The number of hydrogen-bond donors (Lipinski definition) is 2. The van der Waals surface area contributed by atoms with Crippen molar-refractivity contribution >= 4 is 27.6 Å². The third-order valence-electron chi connectivity index (χ3n) is 4.49. The number of aromatic nitrogens is 7. The van der Waals surface area contributed by atoms with Crippen LogP contribution in [0, 0.1) is 0 Å². The van der Waals surface area contributed by atoms with Crippen molar-refractivity contribution in [1.29, 1.82) is 0 Å². The van der Waals surface area contributed by atoms with Crippen LogP contribution in [0.25, 0.3) is 44.7 Å². The molecule has 8 heteroatoms. The summed E-state index contributed by atoms with van der Waals surface area (Å²) in [4.78, 5) is 22.9. The van der Waals surface area contributed by atoms with Crippen LogP contribution in [0.15, 0.2) is 49.2 Å². The number of imidazole rings is 1. The van der Waals surface area contributed by atoms with Crippen molar-refractivity contribution in [3.8, 4) is 22.8 Å². The third kappa shape index (κ3) is 2.58. The predicted octanol–water partition coefficient (Wildman–Crippen LogP) is 3.02. The number of anilines is 1. The molecule has 0 spiro atoms. The molecule has 27 heavy (non-hydrogen) atoms. The SMILES string of the molecule is CN(C)c1cncc(-c2cc3c(-c4nc5ccncc5[nH]4)n[nH]c3cn2)c1. The van der Waals surface area contributed by atoms with E-state index in [1.54, 1.807) is 18.6 Å². The van der Waals surface area contributed by atoms with Crippen LogP contribution in [0.3, 0.4) is 0 Å². The number of aromatic amines is 2. The molecular weight excluding hydrogens is 340 g/mol. The topological polar surface area (TPSA) is 99.3 Å². The Morgan fingerprint density at radius 3 is 2.74 bits per heavy atom. The molecule has 0 bridgehead atoms. The summed E-state index contributed by atoms with van der Waals surface area (Å²) in [5.74, 6) is 0.696. The summed E-state index contributed by atoms with van der Waals surface area (Å²) < 4.78 is 0. The maximum absolute atomic E-state index is 4.63. The minimum absolute atomic E-state index is 0.696. The Hall–Kier alpha value is -3.81. The zero-order valence-corrected chi connectivity index (χ0v) is 14.8. The zero-order valence-electron chi connectivity index (χ0n) is 14.8. The van der Waals surface area contributed by atoms with E-state index in [0.29, 0.717) is 5.82 Å². The minimum atomic E-state index is 0.696. The van der Waals surface area contributed by atoms with Crippen LogP contribution >= 0.6 is 0 Å². The van der Waals surface area contributed by atoms with Gasteiger partial charge < -0.3 is 9.88 Å². The maximum Gasteiger partial charge on any atom is 0.159 e. The van der Waals surface area contributed by atoms with Gasteiger partial charge in [-0.1, -0.05) is 0 Å². The molecule has 0 aliphatic carbocycles. The molecule has 0 aromatic carbocycles. The number of nitrogens with zero attached hydrogens (tertiary/aromatic N) is 6. The van der Waals surface area contributed by atoms with Gasteiger partial charge in [-0.3, -0.25) is 20.1 Å². The maximum atomic E-state index is 4.63. The van der Waals surface area contributed by atoms with E-state index in [4.69, 9.17) is 0 Å². The summed E-state index contributed by atoms with van der Waals surface area (Å²) in [5, 5.41) is 8.41. The second-order valence-corrected chi connectivity index (χ2v) is 6.49. The lowest BCUT2D eigenvalue weighted by molar-refractivity contribution is 1.10. The first kappa shape index (κ1) is 15.4. The van der Waals surface area contributed by atoms with E-state index in [9.17, 15) is 0 Å². The summed E-state index contributed by atoms with van der Waals surface area (Å²) >= 11 is 0. The number of nitrogens with one attached hydrogen (secondary N) is 2. The molecule has 5 heterocycles. The van der Waals surface area contributed by atoms with Crippen LogP contribution < -0.4 is 4.90 Å². The second-order valence-electron chi connectivity index (χ2n) is 6.49. The summed E-state index contributed by atoms with van der Waals surface area (Å²) in [5.41, 5.74) is 6.13. The average molecular weight is 356 g/mol. The lowest BCUT2D eigenvalue weighted by atomic mass is 10.1. The van der Waals surface area contributed by atoms with Crippen LogP contribution in [0.4, 0.5) is 5.69 Å². The van der Waals surface area contributed by atoms with Crippen molar-refractivity contribution in [2.24, 2.45) is 0 Å². The molecule has 0 unspecified atom stereocenters. The molecule has 0 amide bonds. The molecular formula is C19H16N8. The van der Waals surface area contributed by atoms with E-state index in [1.807, 2.05) is 43.5 Å². The van der Waals surface area contributed by atoms with E-state index in [2.05, 4.69) is 41.2 Å². The Morgan fingerprint density at radius 2 is 1.89 bits per heavy atom. The number of hydrogen-bond acceptors (Lipinski definition) is 6. The normalized spacial score (nSPS) is 11.3. The van der Waals surface area contributed by atoms with Crippen molar-refractivity contribution in [2.45, 2.75) is 0 Å². The lowest BCUT2D eigenvalue weighted by Crippen LogP contribution is -2.08. The van der Waals surface area contributed by atoms with E-state index in [1.165, 1.54) is 0 Å². The summed E-state index contributed by atoms with van der Waals surface area (Å²) in [7, 11) is 3.98. The van der Waals surface area contributed by atoms with E-state index >= 15 is 0 Å². The number of fused-ring (bicyclic) bond motifs is 2. The third-order valence-corrected chi connectivity index (χ3v) is 4.49. The Bertz CT molecular complexity index is 1230. The molecule has 5 rings (SSSR count). The molecule has 0 saturated carbocycles. The first-order valence-electron chi connectivity index (χ1n) is 8.46. The Kier molecular flexibility index (Phi) is 3.36. The molecule has 132 valence electrons. The average Bonchev–Trinajstić information content (AvgIpc) is 3.31. The molecule has 5 aromatic rings. The van der Waals surface area contributed by atoms with Crippen LogP contribution in [-0.4, -0.2) is 49.2 Å². The largest absolute Gasteiger partial charge is 0.376 e. The van der Waals surface area contributed by atoms with Crippen molar-refractivity contribution in [3.05, 3.63) is 49.2 Å². The molecule has 2 N–H and O–H groups in total. The Labute approximate surface area is 154 Å². The Balaban J connectivity index is 1.65. The van der Waals surface area contributed by atoms with Crippen LogP contribution in [-0.2, 0) is 0 Å². The standard InChI is InChI=1S/C19H16N8/c1-27(2)12-5-11(7-21-8-12)15-6-13-16(10-22-15)25-26-18(13)19-23-14-3-4-20-9-17(14)24-19/h3-10H,1-2H3,(H,23,24)(H,25,26). The summed E-state index contributed by atoms with van der Waals surface area (Å²) in [6.07, 6.45) is 8.91. The summed E-state index contributed by atoms with van der Waals surface area (Å²) in [6.45, 7) is 0. The van der Waals surface area contributed by atoms with Gasteiger partial charge in [0.05, 0.1) is 46.5 Å². The minimum Gasteiger partial charge on any atom is -0.376 e. The highest BCUT2D eigenvalue weighted by Gasteiger charge is 2.14. The highest BCUT2D eigenvalue weighted by molar-refractivity contribution is 5.94. The van der Waals surface area contributed by atoms with Gasteiger partial charge in [0.1, 0.15) is 5.69 Å². The molecule has 0 aliphatic heterocycles. The van der Waals surface area contributed by atoms with Crippen molar-refractivity contribution < 1.29 is 0 Å².